The van der Waals surface area contributed by atoms with E-state index in [1.807, 2.05) is 6.07 Å². The summed E-state index contributed by atoms with van der Waals surface area (Å²) in [5, 5.41) is 11.0. The molecule has 0 saturated carbocycles. The van der Waals surface area contributed by atoms with E-state index in [1.165, 1.54) is 0 Å². The number of imide groups is 1. The van der Waals surface area contributed by atoms with Gasteiger partial charge in [-0.15, -0.1) is 0 Å². The maximum absolute atomic E-state index is 11.9. The predicted octanol–water partition coefficient (Wildman–Crippen LogP) is 2.96. The van der Waals surface area contributed by atoms with Gasteiger partial charge in [-0.25, -0.2) is 4.79 Å². The van der Waals surface area contributed by atoms with Crippen LogP contribution in [0.25, 0.3) is 0 Å². The van der Waals surface area contributed by atoms with Crippen molar-refractivity contribution >= 4 is 29.0 Å². The van der Waals surface area contributed by atoms with Crippen LogP contribution in [-0.4, -0.2) is 11.9 Å². The number of fused-ring (bicyclic) bond motifs is 1. The van der Waals surface area contributed by atoms with Crippen LogP contribution < -0.4 is 21.3 Å². The average molecular weight is 294 g/mol. The van der Waals surface area contributed by atoms with Crippen LogP contribution in [0.1, 0.15) is 10.4 Å². The molecule has 0 spiro atoms. The molecule has 2 aromatic carbocycles. The van der Waals surface area contributed by atoms with E-state index in [0.717, 1.165) is 11.4 Å². The van der Waals surface area contributed by atoms with E-state index >= 15 is 0 Å². The van der Waals surface area contributed by atoms with E-state index in [9.17, 15) is 9.59 Å². The van der Waals surface area contributed by atoms with Gasteiger partial charge in [0, 0.05) is 11.3 Å². The summed E-state index contributed by atoms with van der Waals surface area (Å²) in [5.41, 5.74) is 2.70. The number of hydrogen-bond donors (Lipinski definition) is 4. The van der Waals surface area contributed by atoms with Crippen molar-refractivity contribution in [2.45, 2.75) is 0 Å². The first-order valence-electron chi connectivity index (χ1n) is 6.66. The predicted molar refractivity (Wildman–Crippen MR) is 85.8 cm³/mol. The van der Waals surface area contributed by atoms with Gasteiger partial charge in [-0.3, -0.25) is 10.1 Å². The zero-order valence-electron chi connectivity index (χ0n) is 11.6. The largest absolute Gasteiger partial charge is 0.341 e. The van der Waals surface area contributed by atoms with Gasteiger partial charge in [-0.1, -0.05) is 24.8 Å². The van der Waals surface area contributed by atoms with Crippen LogP contribution in [-0.2, 0) is 0 Å². The number of urea groups is 1. The topological polar surface area (TPSA) is 82.3 Å². The van der Waals surface area contributed by atoms with Crippen molar-refractivity contribution in [2.24, 2.45) is 0 Å². The molecule has 6 nitrogen and oxygen atoms in total. The third-order valence-corrected chi connectivity index (χ3v) is 3.11. The molecule has 4 N–H and O–H groups in total. The first kappa shape index (κ1) is 13.7. The second kappa shape index (κ2) is 5.61. The number of nitrogens with one attached hydrogen (secondary N) is 4. The molecule has 0 saturated heterocycles. The summed E-state index contributed by atoms with van der Waals surface area (Å²) < 4.78 is 0. The van der Waals surface area contributed by atoms with Crippen molar-refractivity contribution < 1.29 is 9.59 Å². The fourth-order valence-electron chi connectivity index (χ4n) is 2.12. The highest BCUT2D eigenvalue weighted by atomic mass is 16.2. The zero-order valence-corrected chi connectivity index (χ0v) is 11.6. The van der Waals surface area contributed by atoms with Gasteiger partial charge in [-0.2, -0.15) is 0 Å². The summed E-state index contributed by atoms with van der Waals surface area (Å²) in [4.78, 5) is 23.7. The van der Waals surface area contributed by atoms with E-state index in [-0.39, 0.29) is 0 Å². The van der Waals surface area contributed by atoms with Crippen LogP contribution >= 0.6 is 0 Å². The molecule has 110 valence electrons. The lowest BCUT2D eigenvalue weighted by Gasteiger charge is -2.08. The lowest BCUT2D eigenvalue weighted by atomic mass is 10.2. The van der Waals surface area contributed by atoms with E-state index < -0.39 is 11.9 Å². The van der Waals surface area contributed by atoms with Crippen molar-refractivity contribution in [1.29, 1.82) is 0 Å². The van der Waals surface area contributed by atoms with E-state index in [2.05, 4.69) is 27.8 Å². The Bertz CT molecular complexity index is 756. The van der Waals surface area contributed by atoms with Crippen LogP contribution in [0.3, 0.4) is 0 Å². The first-order chi connectivity index (χ1) is 10.6. The van der Waals surface area contributed by atoms with E-state index in [1.54, 1.807) is 42.5 Å². The van der Waals surface area contributed by atoms with E-state index in [4.69, 9.17) is 0 Å². The Labute approximate surface area is 127 Å². The third-order valence-electron chi connectivity index (χ3n) is 3.11. The molecule has 22 heavy (non-hydrogen) atoms. The second-order valence-electron chi connectivity index (χ2n) is 4.76. The highest BCUT2D eigenvalue weighted by molar-refractivity contribution is 6.08. The van der Waals surface area contributed by atoms with Gasteiger partial charge in [0.1, 0.15) is 5.82 Å². The number of anilines is 3. The van der Waals surface area contributed by atoms with Crippen LogP contribution in [0.4, 0.5) is 21.9 Å². The van der Waals surface area contributed by atoms with Gasteiger partial charge in [0.15, 0.2) is 0 Å². The monoisotopic (exact) mass is 294 g/mol. The summed E-state index contributed by atoms with van der Waals surface area (Å²) in [7, 11) is 0. The number of carbonyl (C=O) groups is 2. The molecule has 0 aliphatic carbocycles. The van der Waals surface area contributed by atoms with Gasteiger partial charge in [0.05, 0.1) is 11.4 Å². The van der Waals surface area contributed by atoms with Crippen LogP contribution in [0.5, 0.6) is 0 Å². The Balaban J connectivity index is 1.64. The highest BCUT2D eigenvalue weighted by Gasteiger charge is 2.14. The number of amides is 3. The van der Waals surface area contributed by atoms with Gasteiger partial charge >= 0.3 is 6.03 Å². The molecule has 1 aliphatic heterocycles. The quantitative estimate of drug-likeness (QED) is 0.686. The lowest BCUT2D eigenvalue weighted by molar-refractivity contribution is 0.0967. The highest BCUT2D eigenvalue weighted by Crippen LogP contribution is 2.32. The summed E-state index contributed by atoms with van der Waals surface area (Å²) >= 11 is 0. The molecule has 0 atom stereocenters. The maximum atomic E-state index is 11.9. The standard InChI is InChI=1S/C16H14N4O2/c1-10-17-13-8-7-12(9-14(13)18-10)19-16(22)20-15(21)11-5-3-2-4-6-11/h2-9,17-18H,1H2,(H2,19,20,21,22). The molecule has 6 heteroatoms. The molecule has 0 unspecified atom stereocenters. The van der Waals surface area contributed by atoms with Crippen molar-refractivity contribution in [2.75, 3.05) is 16.0 Å². The molecule has 3 rings (SSSR count). The fraction of sp³-hybridized carbons (Fsp3) is 0. The van der Waals surface area contributed by atoms with Gasteiger partial charge in [-0.05, 0) is 30.3 Å². The Morgan fingerprint density at radius 3 is 2.45 bits per heavy atom. The second-order valence-corrected chi connectivity index (χ2v) is 4.76. The Morgan fingerprint density at radius 1 is 0.955 bits per heavy atom. The summed E-state index contributed by atoms with van der Waals surface area (Å²) in [6.45, 7) is 3.77. The smallest absolute Gasteiger partial charge is 0.326 e. The Hall–Kier alpha value is -3.28. The molecule has 0 bridgehead atoms. The number of hydrogen-bond acceptors (Lipinski definition) is 4. The zero-order chi connectivity index (χ0) is 15.5. The summed E-state index contributed by atoms with van der Waals surface area (Å²) in [6, 6.07) is 13.3. The Kier molecular flexibility index (Phi) is 3.49. The SMILES string of the molecule is C=C1Nc2ccc(NC(=O)NC(=O)c3ccccc3)cc2N1. The minimum Gasteiger partial charge on any atom is -0.341 e. The number of carbonyl (C=O) groups excluding carboxylic acids is 2. The third kappa shape index (κ3) is 2.90. The van der Waals surface area contributed by atoms with E-state index in [0.29, 0.717) is 17.1 Å². The lowest BCUT2D eigenvalue weighted by Crippen LogP contribution is -2.34. The molecule has 0 radical (unpaired) electrons. The van der Waals surface area contributed by atoms with Crippen molar-refractivity contribution in [3.63, 3.8) is 0 Å². The summed E-state index contributed by atoms with van der Waals surface area (Å²) in [6.07, 6.45) is 0. The van der Waals surface area contributed by atoms with Crippen LogP contribution in [0.2, 0.25) is 0 Å². The molecular formula is C16H14N4O2. The molecule has 3 amide bonds. The minimum absolute atomic E-state index is 0.425. The Morgan fingerprint density at radius 2 is 1.68 bits per heavy atom. The summed E-state index contributed by atoms with van der Waals surface area (Å²) in [5.74, 6) is 0.225. The van der Waals surface area contributed by atoms with Gasteiger partial charge < -0.3 is 16.0 Å². The molecule has 2 aromatic rings. The molecule has 0 fully saturated rings. The van der Waals surface area contributed by atoms with Crippen molar-refractivity contribution in [1.82, 2.24) is 5.32 Å². The molecule has 1 aliphatic rings. The van der Waals surface area contributed by atoms with Gasteiger partial charge in [0.25, 0.3) is 5.91 Å². The maximum Gasteiger partial charge on any atom is 0.326 e. The normalized spacial score (nSPS) is 11.9. The molecule has 0 aromatic heterocycles. The molecule has 1 heterocycles. The fourth-order valence-corrected chi connectivity index (χ4v) is 2.12. The average Bonchev–Trinajstić information content (AvgIpc) is 2.87. The van der Waals surface area contributed by atoms with Crippen LogP contribution in [0.15, 0.2) is 60.9 Å². The number of benzene rings is 2. The van der Waals surface area contributed by atoms with Crippen LogP contribution in [0, 0.1) is 0 Å². The number of rotatable bonds is 2. The molecular weight excluding hydrogens is 280 g/mol. The minimum atomic E-state index is -0.585. The van der Waals surface area contributed by atoms with Gasteiger partial charge in [0.2, 0.25) is 0 Å². The van der Waals surface area contributed by atoms with Crippen molar-refractivity contribution in [3.05, 3.63) is 66.5 Å². The first-order valence-corrected chi connectivity index (χ1v) is 6.66. The van der Waals surface area contributed by atoms with Crippen molar-refractivity contribution in [3.8, 4) is 0 Å².